The maximum atomic E-state index is 8.98. The molecule has 0 N–H and O–H groups in total. The fourth-order valence-corrected chi connectivity index (χ4v) is 8.27. The average molecular weight is 618 g/mol. The van der Waals surface area contributed by atoms with Crippen LogP contribution in [0.5, 0.6) is 0 Å². The summed E-state index contributed by atoms with van der Waals surface area (Å²) in [5.74, 6) is 0. The molecule has 0 unspecified atom stereocenters. The van der Waals surface area contributed by atoms with Crippen molar-refractivity contribution in [2.75, 3.05) is 0 Å². The zero-order valence-electron chi connectivity index (χ0n) is 31.5. The smallest absolute Gasteiger partial charge is 0.144 e. The van der Waals surface area contributed by atoms with Gasteiger partial charge in [0.25, 0.3) is 0 Å². The lowest BCUT2D eigenvalue weighted by Crippen LogP contribution is -2.16. The molecule has 48 heavy (non-hydrogen) atoms. The van der Waals surface area contributed by atoms with Crippen molar-refractivity contribution in [1.82, 2.24) is 0 Å². The molecule has 8 aromatic carbocycles. The second-order valence-corrected chi connectivity index (χ2v) is 13.2. The fourth-order valence-electron chi connectivity index (χ4n) is 8.27. The zero-order valence-corrected chi connectivity index (χ0v) is 26.5. The first-order valence-corrected chi connectivity index (χ1v) is 16.4. The lowest BCUT2D eigenvalue weighted by Gasteiger charge is -2.26. The van der Waals surface area contributed by atoms with E-state index in [0.29, 0.717) is 5.56 Å². The number of para-hydroxylation sites is 1. The van der Waals surface area contributed by atoms with Gasteiger partial charge in [-0.2, -0.15) is 0 Å². The minimum Gasteiger partial charge on any atom is -0.455 e. The summed E-state index contributed by atoms with van der Waals surface area (Å²) in [6.45, 7) is 4.43. The molecule has 0 amide bonds. The topological polar surface area (TPSA) is 13.1 Å². The minimum atomic E-state index is -0.499. The summed E-state index contributed by atoms with van der Waals surface area (Å²) >= 11 is 0. The quantitative estimate of drug-likeness (QED) is 0.192. The Hall–Kier alpha value is -5.92. The number of benzene rings is 8. The molecule has 1 heteroatoms. The minimum absolute atomic E-state index is 0.205. The van der Waals surface area contributed by atoms with E-state index in [0.717, 1.165) is 77.2 Å². The second kappa shape index (κ2) is 10.0. The van der Waals surface area contributed by atoms with Crippen molar-refractivity contribution in [3.63, 3.8) is 0 Å². The van der Waals surface area contributed by atoms with E-state index in [1.807, 2.05) is 30.3 Å². The van der Waals surface area contributed by atoms with Crippen LogP contribution in [0.25, 0.3) is 88.0 Å². The fraction of sp³-hybridized carbons (Fsp3) is 0.0638. The number of hydrogen-bond acceptors (Lipinski definition) is 1. The summed E-state index contributed by atoms with van der Waals surface area (Å²) in [5.41, 5.74) is 10.1. The lowest BCUT2D eigenvalue weighted by molar-refractivity contribution is 0.659. The highest BCUT2D eigenvalue weighted by atomic mass is 16.3. The third kappa shape index (κ3) is 3.73. The highest BCUT2D eigenvalue weighted by Crippen LogP contribution is 2.57. The Kier molecular flexibility index (Phi) is 4.72. The van der Waals surface area contributed by atoms with E-state index in [1.165, 1.54) is 10.8 Å². The van der Waals surface area contributed by atoms with Gasteiger partial charge in [0.15, 0.2) is 0 Å². The first kappa shape index (κ1) is 22.6. The van der Waals surface area contributed by atoms with Gasteiger partial charge in [-0.05, 0) is 78.2 Å². The molecule has 1 nitrogen and oxygen atoms in total. The third-order valence-electron chi connectivity index (χ3n) is 10.3. The molecular weight excluding hydrogens is 581 g/mol. The Labute approximate surface area is 286 Å². The summed E-state index contributed by atoms with van der Waals surface area (Å²) in [4.78, 5) is 0. The van der Waals surface area contributed by atoms with Crippen molar-refractivity contribution >= 4 is 43.5 Å². The standard InChI is InChI=1S/C47H32O/c1-47(2)39-22-12-10-20-36(39)42-33(30-15-4-3-5-16-30)26-27-38(45(42)47)43-35-19-9-8-18-34(35)41(32-25-24-29-14-6-7-17-31(29)28-32)44-37-21-11-13-23-40(37)48-46(43)44/h3-28H,1-2H3/i3D,4D,5D,15D,16D. The van der Waals surface area contributed by atoms with Crippen LogP contribution in [0.3, 0.4) is 0 Å². The van der Waals surface area contributed by atoms with E-state index in [1.54, 1.807) is 0 Å². The van der Waals surface area contributed by atoms with Crippen LogP contribution in [0, 0.1) is 0 Å². The maximum Gasteiger partial charge on any atom is 0.144 e. The molecule has 0 radical (unpaired) electrons. The van der Waals surface area contributed by atoms with Gasteiger partial charge in [-0.15, -0.1) is 0 Å². The third-order valence-corrected chi connectivity index (χ3v) is 10.3. The van der Waals surface area contributed by atoms with Gasteiger partial charge in [-0.3, -0.25) is 0 Å². The molecule has 9 aromatic rings. The highest BCUT2D eigenvalue weighted by molar-refractivity contribution is 6.27. The van der Waals surface area contributed by atoms with Crippen LogP contribution in [-0.4, -0.2) is 0 Å². The Morgan fingerprint density at radius 3 is 2.02 bits per heavy atom. The van der Waals surface area contributed by atoms with Crippen LogP contribution in [0.4, 0.5) is 0 Å². The summed E-state index contributed by atoms with van der Waals surface area (Å²) in [5, 5.41) is 6.58. The van der Waals surface area contributed by atoms with Crippen molar-refractivity contribution in [2.45, 2.75) is 19.3 Å². The summed E-state index contributed by atoms with van der Waals surface area (Å²) in [6.07, 6.45) is 0. The van der Waals surface area contributed by atoms with E-state index < -0.39 is 11.5 Å². The van der Waals surface area contributed by atoms with Crippen molar-refractivity contribution < 1.29 is 11.3 Å². The molecular formula is C47H32O. The van der Waals surface area contributed by atoms with Crippen LogP contribution in [0.15, 0.2) is 162 Å². The highest BCUT2D eigenvalue weighted by Gasteiger charge is 2.40. The second-order valence-electron chi connectivity index (χ2n) is 13.2. The molecule has 1 aliphatic carbocycles. The van der Waals surface area contributed by atoms with Gasteiger partial charge in [0.1, 0.15) is 11.2 Å². The van der Waals surface area contributed by atoms with Gasteiger partial charge in [0.05, 0.1) is 6.85 Å². The Morgan fingerprint density at radius 1 is 0.521 bits per heavy atom. The van der Waals surface area contributed by atoms with Crippen molar-refractivity contribution in [1.29, 1.82) is 0 Å². The number of rotatable bonds is 3. The maximum absolute atomic E-state index is 8.98. The summed E-state index contributed by atoms with van der Waals surface area (Å²) < 4.78 is 50.3. The van der Waals surface area contributed by atoms with Gasteiger partial charge in [0, 0.05) is 27.3 Å². The van der Waals surface area contributed by atoms with E-state index in [2.05, 4.69) is 111 Å². The van der Waals surface area contributed by atoms with Crippen molar-refractivity contribution in [3.05, 3.63) is 169 Å². The molecule has 0 bridgehead atoms. The van der Waals surface area contributed by atoms with Crippen molar-refractivity contribution in [2.24, 2.45) is 0 Å². The largest absolute Gasteiger partial charge is 0.455 e. The van der Waals surface area contributed by atoms with Gasteiger partial charge in [0.2, 0.25) is 0 Å². The SMILES string of the molecule is [2H]c1c([2H])c([2H])c(-c2ccc(-c3c4ccccc4c(-c4ccc5ccccc5c4)c4c3oc3ccccc34)c3c2-c2ccccc2C3(C)C)c([2H])c1[2H]. The lowest BCUT2D eigenvalue weighted by atomic mass is 9.76. The summed E-state index contributed by atoms with van der Waals surface area (Å²) in [6, 6.07) is 42.6. The molecule has 1 aliphatic rings. The van der Waals surface area contributed by atoms with Gasteiger partial charge < -0.3 is 4.42 Å². The average Bonchev–Trinajstić information content (AvgIpc) is 3.68. The van der Waals surface area contributed by atoms with Gasteiger partial charge >= 0.3 is 0 Å². The first-order chi connectivity index (χ1) is 25.7. The van der Waals surface area contributed by atoms with E-state index in [4.69, 9.17) is 11.3 Å². The molecule has 0 fully saturated rings. The number of fused-ring (bicyclic) bond motifs is 8. The molecule has 1 aromatic heterocycles. The molecule has 226 valence electrons. The van der Waals surface area contributed by atoms with Crippen molar-refractivity contribution in [3.8, 4) is 44.5 Å². The Balaban J connectivity index is 1.38. The van der Waals surface area contributed by atoms with E-state index >= 15 is 0 Å². The Morgan fingerprint density at radius 2 is 1.19 bits per heavy atom. The van der Waals surface area contributed by atoms with Gasteiger partial charge in [-0.1, -0.05) is 159 Å². The van der Waals surface area contributed by atoms with Crippen LogP contribution < -0.4 is 0 Å². The molecule has 1 heterocycles. The molecule has 0 aliphatic heterocycles. The molecule has 0 saturated heterocycles. The van der Waals surface area contributed by atoms with Crippen LogP contribution in [-0.2, 0) is 5.41 Å². The molecule has 0 atom stereocenters. The molecule has 0 spiro atoms. The first-order valence-electron chi connectivity index (χ1n) is 18.9. The van der Waals surface area contributed by atoms with Gasteiger partial charge in [-0.25, -0.2) is 0 Å². The molecule has 0 saturated carbocycles. The van der Waals surface area contributed by atoms with E-state index in [9.17, 15) is 0 Å². The van der Waals surface area contributed by atoms with E-state index in [-0.39, 0.29) is 29.7 Å². The predicted octanol–water partition coefficient (Wildman–Crippen LogP) is 13.2. The number of furan rings is 1. The number of hydrogen-bond donors (Lipinski definition) is 0. The normalized spacial score (nSPS) is 14.8. The van der Waals surface area contributed by atoms with Crippen LogP contribution in [0.1, 0.15) is 31.8 Å². The Bertz CT molecular complexity index is 3020. The van der Waals surface area contributed by atoms with Crippen LogP contribution >= 0.6 is 0 Å². The molecule has 10 rings (SSSR count). The summed E-state index contributed by atoms with van der Waals surface area (Å²) in [7, 11) is 0. The van der Waals surface area contributed by atoms with Crippen LogP contribution in [0.2, 0.25) is 0 Å². The monoisotopic (exact) mass is 617 g/mol. The zero-order chi connectivity index (χ0) is 36.3. The predicted molar refractivity (Wildman–Crippen MR) is 203 cm³/mol.